The van der Waals surface area contributed by atoms with Gasteiger partial charge >= 0.3 is 0 Å². The monoisotopic (exact) mass is 418 g/mol. The summed E-state index contributed by atoms with van der Waals surface area (Å²) < 4.78 is 37.6. The first-order valence-corrected chi connectivity index (χ1v) is 11.0. The van der Waals surface area contributed by atoms with Gasteiger partial charge in [0.25, 0.3) is 5.91 Å². The van der Waals surface area contributed by atoms with Crippen molar-refractivity contribution in [1.29, 1.82) is 0 Å². The Morgan fingerprint density at radius 1 is 1.10 bits per heavy atom. The molecule has 0 spiro atoms. The predicted molar refractivity (Wildman–Crippen MR) is 110 cm³/mol. The van der Waals surface area contributed by atoms with E-state index in [-0.39, 0.29) is 16.8 Å². The molecule has 1 aliphatic heterocycles. The molecule has 0 saturated carbocycles. The molecule has 29 heavy (non-hydrogen) atoms. The van der Waals surface area contributed by atoms with E-state index in [9.17, 15) is 13.2 Å². The van der Waals surface area contributed by atoms with Crippen molar-refractivity contribution < 1.29 is 22.7 Å². The molecule has 2 aromatic rings. The smallest absolute Gasteiger partial charge is 0.251 e. The lowest BCUT2D eigenvalue weighted by Gasteiger charge is -2.26. The second-order valence-electron chi connectivity index (χ2n) is 7.04. The number of aryl methyl sites for hydroxylation is 1. The molecule has 3 rings (SSSR count). The number of benzene rings is 2. The molecule has 0 aliphatic carbocycles. The molecule has 1 atom stereocenters. The molecule has 1 fully saturated rings. The molecule has 2 aromatic carbocycles. The number of sulfonamides is 1. The van der Waals surface area contributed by atoms with E-state index >= 15 is 0 Å². The third-order valence-electron chi connectivity index (χ3n) is 4.62. The fraction of sp³-hybridized carbons (Fsp3) is 0.381. The second kappa shape index (κ2) is 9.39. The summed E-state index contributed by atoms with van der Waals surface area (Å²) in [5.74, 6) is 0.467. The van der Waals surface area contributed by atoms with Crippen molar-refractivity contribution in [3.05, 3.63) is 59.7 Å². The lowest BCUT2D eigenvalue weighted by atomic mass is 10.2. The van der Waals surface area contributed by atoms with Gasteiger partial charge in [0.05, 0.1) is 24.2 Å². The Bertz CT molecular complexity index is 921. The van der Waals surface area contributed by atoms with Crippen molar-refractivity contribution in [3.63, 3.8) is 0 Å². The Morgan fingerprint density at radius 3 is 2.34 bits per heavy atom. The Labute approximate surface area is 171 Å². The average Bonchev–Trinajstić information content (AvgIpc) is 2.74. The summed E-state index contributed by atoms with van der Waals surface area (Å²) in [6.45, 7) is 5.64. The second-order valence-corrected chi connectivity index (χ2v) is 8.98. The van der Waals surface area contributed by atoms with Gasteiger partial charge < -0.3 is 14.8 Å². The zero-order valence-corrected chi connectivity index (χ0v) is 17.4. The van der Waals surface area contributed by atoms with Crippen LogP contribution in [0.2, 0.25) is 0 Å². The van der Waals surface area contributed by atoms with Crippen LogP contribution in [0.4, 0.5) is 0 Å². The normalized spacial score (nSPS) is 16.2. The number of rotatable bonds is 7. The summed E-state index contributed by atoms with van der Waals surface area (Å²) in [5.41, 5.74) is 1.55. The lowest BCUT2D eigenvalue weighted by Crippen LogP contribution is -2.40. The van der Waals surface area contributed by atoms with Crippen LogP contribution in [0.1, 0.15) is 22.8 Å². The van der Waals surface area contributed by atoms with Gasteiger partial charge in [0.15, 0.2) is 0 Å². The molecule has 8 heteroatoms. The largest absolute Gasteiger partial charge is 0.491 e. The van der Waals surface area contributed by atoms with Gasteiger partial charge in [-0.2, -0.15) is 4.31 Å². The Hall–Kier alpha value is -2.42. The molecule has 1 aliphatic rings. The van der Waals surface area contributed by atoms with Crippen molar-refractivity contribution in [3.8, 4) is 5.75 Å². The van der Waals surface area contributed by atoms with E-state index in [1.807, 2.05) is 38.1 Å². The van der Waals surface area contributed by atoms with Crippen LogP contribution in [0, 0.1) is 6.92 Å². The van der Waals surface area contributed by atoms with Gasteiger partial charge in [-0.3, -0.25) is 4.79 Å². The van der Waals surface area contributed by atoms with Gasteiger partial charge in [0.1, 0.15) is 12.4 Å². The van der Waals surface area contributed by atoms with Crippen LogP contribution in [0.5, 0.6) is 5.75 Å². The van der Waals surface area contributed by atoms with Crippen LogP contribution >= 0.6 is 0 Å². The highest BCUT2D eigenvalue weighted by atomic mass is 32.2. The van der Waals surface area contributed by atoms with E-state index in [4.69, 9.17) is 9.47 Å². The average molecular weight is 419 g/mol. The SMILES string of the molecule is Cc1ccc(OC[C@@H](C)NC(=O)c2ccc(S(=O)(=O)N3CCOCC3)cc2)cc1. The first-order chi connectivity index (χ1) is 13.9. The van der Waals surface area contributed by atoms with Crippen molar-refractivity contribution in [2.75, 3.05) is 32.9 Å². The molecule has 156 valence electrons. The molecule has 1 heterocycles. The molecular weight excluding hydrogens is 392 g/mol. The minimum Gasteiger partial charge on any atom is -0.491 e. The maximum Gasteiger partial charge on any atom is 0.251 e. The third-order valence-corrected chi connectivity index (χ3v) is 6.54. The molecule has 0 unspecified atom stereocenters. The van der Waals surface area contributed by atoms with E-state index in [2.05, 4.69) is 5.32 Å². The molecule has 1 N–H and O–H groups in total. The quantitative estimate of drug-likeness (QED) is 0.745. The standard InChI is InChI=1S/C21H26N2O5S/c1-16-3-7-19(8-4-16)28-15-17(2)22-21(24)18-5-9-20(10-6-18)29(25,26)23-11-13-27-14-12-23/h3-10,17H,11-15H2,1-2H3,(H,22,24)/t17-/m1/s1. The third kappa shape index (κ3) is 5.56. The molecule has 0 aromatic heterocycles. The van der Waals surface area contributed by atoms with Crippen molar-refractivity contribution in [2.45, 2.75) is 24.8 Å². The molecule has 1 amide bonds. The minimum absolute atomic E-state index is 0.173. The first kappa shape index (κ1) is 21.3. The molecule has 0 radical (unpaired) electrons. The van der Waals surface area contributed by atoms with Crippen LogP contribution in [0.15, 0.2) is 53.4 Å². The van der Waals surface area contributed by atoms with Crippen LogP contribution in [0.3, 0.4) is 0 Å². The van der Waals surface area contributed by atoms with Crippen molar-refractivity contribution in [2.24, 2.45) is 0 Å². The summed E-state index contributed by atoms with van der Waals surface area (Å²) in [6.07, 6.45) is 0. The highest BCUT2D eigenvalue weighted by molar-refractivity contribution is 7.89. The number of morpholine rings is 1. The fourth-order valence-corrected chi connectivity index (χ4v) is 4.33. The van der Waals surface area contributed by atoms with E-state index < -0.39 is 10.0 Å². The maximum atomic E-state index is 12.6. The van der Waals surface area contributed by atoms with Gasteiger partial charge in [0, 0.05) is 18.7 Å². The summed E-state index contributed by atoms with van der Waals surface area (Å²) in [4.78, 5) is 12.6. The number of hydrogen-bond acceptors (Lipinski definition) is 5. The number of nitrogens with one attached hydrogen (secondary N) is 1. The van der Waals surface area contributed by atoms with Crippen molar-refractivity contribution >= 4 is 15.9 Å². The van der Waals surface area contributed by atoms with E-state index in [0.717, 1.165) is 11.3 Å². The van der Waals surface area contributed by atoms with Gasteiger partial charge in [-0.1, -0.05) is 17.7 Å². The van der Waals surface area contributed by atoms with E-state index in [1.165, 1.54) is 28.6 Å². The number of nitrogens with zero attached hydrogens (tertiary/aromatic N) is 1. The van der Waals surface area contributed by atoms with Crippen LogP contribution in [0.25, 0.3) is 0 Å². The van der Waals surface area contributed by atoms with Crippen molar-refractivity contribution in [1.82, 2.24) is 9.62 Å². The van der Waals surface area contributed by atoms with Crippen LogP contribution in [-0.2, 0) is 14.8 Å². The van der Waals surface area contributed by atoms with Gasteiger partial charge in [-0.05, 0) is 50.2 Å². The number of ether oxygens (including phenoxy) is 2. The predicted octanol–water partition coefficient (Wildman–Crippen LogP) is 2.21. The fourth-order valence-electron chi connectivity index (χ4n) is 2.92. The summed E-state index contributed by atoms with van der Waals surface area (Å²) in [6, 6.07) is 13.5. The maximum absolute atomic E-state index is 12.6. The number of carbonyl (C=O) groups excluding carboxylic acids is 1. The summed E-state index contributed by atoms with van der Waals surface area (Å²) >= 11 is 0. The molecule has 0 bridgehead atoms. The Kier molecular flexibility index (Phi) is 6.89. The van der Waals surface area contributed by atoms with E-state index in [1.54, 1.807) is 0 Å². The first-order valence-electron chi connectivity index (χ1n) is 9.54. The number of hydrogen-bond donors (Lipinski definition) is 1. The minimum atomic E-state index is -3.57. The highest BCUT2D eigenvalue weighted by Gasteiger charge is 2.26. The van der Waals surface area contributed by atoms with Crippen LogP contribution in [-0.4, -0.2) is 57.6 Å². The topological polar surface area (TPSA) is 84.9 Å². The zero-order valence-electron chi connectivity index (χ0n) is 16.6. The van der Waals surface area contributed by atoms with E-state index in [0.29, 0.717) is 38.5 Å². The highest BCUT2D eigenvalue weighted by Crippen LogP contribution is 2.18. The summed E-state index contributed by atoms with van der Waals surface area (Å²) in [5, 5.41) is 2.86. The van der Waals surface area contributed by atoms with Gasteiger partial charge in [-0.15, -0.1) is 0 Å². The summed E-state index contributed by atoms with van der Waals surface area (Å²) in [7, 11) is -3.57. The van der Waals surface area contributed by atoms with Crippen LogP contribution < -0.4 is 10.1 Å². The molecule has 1 saturated heterocycles. The molecular formula is C21H26N2O5S. The Morgan fingerprint density at radius 2 is 1.72 bits per heavy atom. The zero-order chi connectivity index (χ0) is 20.9. The number of carbonyl (C=O) groups is 1. The molecule has 7 nitrogen and oxygen atoms in total. The Balaban J connectivity index is 1.56. The lowest BCUT2D eigenvalue weighted by molar-refractivity contribution is 0.0730. The van der Waals surface area contributed by atoms with Gasteiger partial charge in [-0.25, -0.2) is 8.42 Å². The van der Waals surface area contributed by atoms with Gasteiger partial charge in [0.2, 0.25) is 10.0 Å². The number of amides is 1.